The zero-order chi connectivity index (χ0) is 15.9. The van der Waals surface area contributed by atoms with Crippen LogP contribution in [0.25, 0.3) is 11.1 Å². The molecule has 1 aromatic carbocycles. The third kappa shape index (κ3) is 4.32. The third-order valence-electron chi connectivity index (χ3n) is 3.57. The predicted molar refractivity (Wildman–Crippen MR) is 87.5 cm³/mol. The molecule has 0 radical (unpaired) electrons. The Kier molecular flexibility index (Phi) is 4.88. The summed E-state index contributed by atoms with van der Waals surface area (Å²) in [6.45, 7) is 1.16. The van der Waals surface area contributed by atoms with Gasteiger partial charge in [-0.3, -0.25) is 9.48 Å². The molecule has 2 heterocycles. The lowest BCUT2D eigenvalue weighted by Gasteiger charge is -2.04. The highest BCUT2D eigenvalue weighted by atomic mass is 16.3. The molecule has 0 fully saturated rings. The molecule has 1 N–H and O–H groups in total. The van der Waals surface area contributed by atoms with Crippen LogP contribution in [0, 0.1) is 0 Å². The molecule has 0 spiro atoms. The molecule has 0 aliphatic heterocycles. The average Bonchev–Trinajstić information content (AvgIpc) is 3.26. The van der Waals surface area contributed by atoms with Gasteiger partial charge in [-0.05, 0) is 24.1 Å². The number of carbonyl (C=O) groups excluding carboxylic acids is 1. The van der Waals surface area contributed by atoms with Crippen LogP contribution in [0.2, 0.25) is 0 Å². The molecule has 2 aromatic heterocycles. The summed E-state index contributed by atoms with van der Waals surface area (Å²) < 4.78 is 7.05. The number of amides is 1. The standard InChI is InChI=1S/C18H19N3O2/c22-18(19-13-17-8-5-11-23-17)9-4-10-21-14-16(12-20-21)15-6-2-1-3-7-15/h1-3,5-8,11-12,14H,4,9-10,13H2,(H,19,22). The maximum atomic E-state index is 11.8. The molecule has 3 aromatic rings. The molecule has 118 valence electrons. The van der Waals surface area contributed by atoms with Crippen molar-refractivity contribution in [3.63, 3.8) is 0 Å². The lowest BCUT2D eigenvalue weighted by molar-refractivity contribution is -0.121. The van der Waals surface area contributed by atoms with Gasteiger partial charge >= 0.3 is 0 Å². The van der Waals surface area contributed by atoms with Crippen LogP contribution in [-0.2, 0) is 17.9 Å². The minimum atomic E-state index is 0.0249. The Labute approximate surface area is 134 Å². The highest BCUT2D eigenvalue weighted by molar-refractivity contribution is 5.75. The monoisotopic (exact) mass is 309 g/mol. The molecule has 1 amide bonds. The van der Waals surface area contributed by atoms with E-state index in [1.807, 2.05) is 47.4 Å². The van der Waals surface area contributed by atoms with Gasteiger partial charge in [0.15, 0.2) is 0 Å². The minimum Gasteiger partial charge on any atom is -0.467 e. The Morgan fingerprint density at radius 1 is 1.13 bits per heavy atom. The number of aryl methyl sites for hydroxylation is 1. The predicted octanol–water partition coefficient (Wildman–Crippen LogP) is 3.24. The van der Waals surface area contributed by atoms with Crippen molar-refractivity contribution in [2.75, 3.05) is 0 Å². The summed E-state index contributed by atoms with van der Waals surface area (Å²) in [6.07, 6.45) is 6.69. The second-order valence-corrected chi connectivity index (χ2v) is 5.32. The summed E-state index contributed by atoms with van der Waals surface area (Å²) in [6, 6.07) is 13.8. The number of hydrogen-bond acceptors (Lipinski definition) is 3. The van der Waals surface area contributed by atoms with Gasteiger partial charge in [0.25, 0.3) is 0 Å². The highest BCUT2D eigenvalue weighted by Gasteiger charge is 2.04. The Hall–Kier alpha value is -2.82. The Balaban J connectivity index is 1.42. The molecule has 23 heavy (non-hydrogen) atoms. The van der Waals surface area contributed by atoms with E-state index in [-0.39, 0.29) is 5.91 Å². The number of nitrogens with one attached hydrogen (secondary N) is 1. The maximum Gasteiger partial charge on any atom is 0.220 e. The first kappa shape index (κ1) is 15.1. The Morgan fingerprint density at radius 2 is 2.00 bits per heavy atom. The summed E-state index contributed by atoms with van der Waals surface area (Å²) in [5.74, 6) is 0.787. The van der Waals surface area contributed by atoms with Crippen molar-refractivity contribution in [1.29, 1.82) is 0 Å². The normalized spacial score (nSPS) is 10.6. The average molecular weight is 309 g/mol. The largest absolute Gasteiger partial charge is 0.467 e. The maximum absolute atomic E-state index is 11.8. The van der Waals surface area contributed by atoms with Crippen molar-refractivity contribution in [1.82, 2.24) is 15.1 Å². The first-order valence-electron chi connectivity index (χ1n) is 7.68. The van der Waals surface area contributed by atoms with Gasteiger partial charge in [-0.1, -0.05) is 30.3 Å². The summed E-state index contributed by atoms with van der Waals surface area (Å²) in [4.78, 5) is 11.8. The number of furan rings is 1. The van der Waals surface area contributed by atoms with Crippen LogP contribution in [0.4, 0.5) is 0 Å². The van der Waals surface area contributed by atoms with Crippen LogP contribution in [0.15, 0.2) is 65.5 Å². The number of nitrogens with zero attached hydrogens (tertiary/aromatic N) is 2. The molecule has 0 atom stereocenters. The lowest BCUT2D eigenvalue weighted by Crippen LogP contribution is -2.22. The van der Waals surface area contributed by atoms with Crippen molar-refractivity contribution >= 4 is 5.91 Å². The SMILES string of the molecule is O=C(CCCn1cc(-c2ccccc2)cn1)NCc1ccco1. The van der Waals surface area contributed by atoms with E-state index in [1.165, 1.54) is 0 Å². The van der Waals surface area contributed by atoms with E-state index in [1.54, 1.807) is 6.26 Å². The molecular weight excluding hydrogens is 290 g/mol. The van der Waals surface area contributed by atoms with Crippen molar-refractivity contribution in [3.05, 3.63) is 66.9 Å². The fraction of sp³-hybridized carbons (Fsp3) is 0.222. The van der Waals surface area contributed by atoms with Gasteiger partial charge in [0, 0.05) is 24.7 Å². The molecule has 0 saturated heterocycles. The number of rotatable bonds is 7. The fourth-order valence-corrected chi connectivity index (χ4v) is 2.35. The summed E-state index contributed by atoms with van der Waals surface area (Å²) >= 11 is 0. The van der Waals surface area contributed by atoms with Crippen molar-refractivity contribution in [2.45, 2.75) is 25.9 Å². The van der Waals surface area contributed by atoms with Gasteiger partial charge in [-0.2, -0.15) is 5.10 Å². The molecular formula is C18H19N3O2. The molecule has 5 nitrogen and oxygen atoms in total. The van der Waals surface area contributed by atoms with Crippen LogP contribution in [0.5, 0.6) is 0 Å². The minimum absolute atomic E-state index is 0.0249. The van der Waals surface area contributed by atoms with Crippen LogP contribution >= 0.6 is 0 Å². The molecule has 5 heteroatoms. The first-order valence-corrected chi connectivity index (χ1v) is 7.68. The van der Waals surface area contributed by atoms with Gasteiger partial charge in [-0.15, -0.1) is 0 Å². The Morgan fingerprint density at radius 3 is 2.78 bits per heavy atom. The van der Waals surface area contributed by atoms with Crippen LogP contribution in [-0.4, -0.2) is 15.7 Å². The van der Waals surface area contributed by atoms with E-state index in [9.17, 15) is 4.79 Å². The van der Waals surface area contributed by atoms with Gasteiger partial charge < -0.3 is 9.73 Å². The number of benzene rings is 1. The second kappa shape index (κ2) is 7.45. The third-order valence-corrected chi connectivity index (χ3v) is 3.57. The van der Waals surface area contributed by atoms with E-state index in [2.05, 4.69) is 22.5 Å². The molecule has 0 bridgehead atoms. The topological polar surface area (TPSA) is 60.1 Å². The second-order valence-electron chi connectivity index (χ2n) is 5.32. The van der Waals surface area contributed by atoms with E-state index >= 15 is 0 Å². The van der Waals surface area contributed by atoms with E-state index < -0.39 is 0 Å². The quantitative estimate of drug-likeness (QED) is 0.729. The van der Waals surface area contributed by atoms with Gasteiger partial charge in [0.1, 0.15) is 5.76 Å². The van der Waals surface area contributed by atoms with E-state index in [0.717, 1.165) is 29.9 Å². The number of aromatic nitrogens is 2. The summed E-state index contributed by atoms with van der Waals surface area (Å²) in [5.41, 5.74) is 2.24. The summed E-state index contributed by atoms with van der Waals surface area (Å²) in [5, 5.41) is 7.19. The molecule has 0 aliphatic rings. The molecule has 3 rings (SSSR count). The lowest BCUT2D eigenvalue weighted by atomic mass is 10.1. The first-order chi connectivity index (χ1) is 11.3. The van der Waals surface area contributed by atoms with Crippen molar-refractivity contribution < 1.29 is 9.21 Å². The molecule has 0 saturated carbocycles. The van der Waals surface area contributed by atoms with Crippen LogP contribution in [0.3, 0.4) is 0 Å². The fourth-order valence-electron chi connectivity index (χ4n) is 2.35. The smallest absolute Gasteiger partial charge is 0.220 e. The van der Waals surface area contributed by atoms with Crippen LogP contribution < -0.4 is 5.32 Å². The zero-order valence-corrected chi connectivity index (χ0v) is 12.8. The number of hydrogen-bond donors (Lipinski definition) is 1. The summed E-state index contributed by atoms with van der Waals surface area (Å²) in [7, 11) is 0. The highest BCUT2D eigenvalue weighted by Crippen LogP contribution is 2.17. The van der Waals surface area contributed by atoms with Gasteiger partial charge in [0.05, 0.1) is 19.0 Å². The van der Waals surface area contributed by atoms with Crippen LogP contribution in [0.1, 0.15) is 18.6 Å². The van der Waals surface area contributed by atoms with Gasteiger partial charge in [-0.25, -0.2) is 0 Å². The number of carbonyl (C=O) groups is 1. The zero-order valence-electron chi connectivity index (χ0n) is 12.8. The van der Waals surface area contributed by atoms with E-state index in [0.29, 0.717) is 13.0 Å². The Bertz CT molecular complexity index is 733. The van der Waals surface area contributed by atoms with E-state index in [4.69, 9.17) is 4.42 Å². The van der Waals surface area contributed by atoms with Crippen molar-refractivity contribution in [2.24, 2.45) is 0 Å². The molecule has 0 unspecified atom stereocenters. The van der Waals surface area contributed by atoms with Gasteiger partial charge in [0.2, 0.25) is 5.91 Å². The van der Waals surface area contributed by atoms with Crippen molar-refractivity contribution in [3.8, 4) is 11.1 Å². The molecule has 0 aliphatic carbocycles.